The summed E-state index contributed by atoms with van der Waals surface area (Å²) in [4.78, 5) is 24.4. The van der Waals surface area contributed by atoms with Gasteiger partial charge in [0.05, 0.1) is 36.7 Å². The first-order chi connectivity index (χ1) is 15.8. The molecular formula is C23H22N4O5S. The fourth-order valence-corrected chi connectivity index (χ4v) is 4.32. The van der Waals surface area contributed by atoms with E-state index in [4.69, 9.17) is 9.47 Å². The summed E-state index contributed by atoms with van der Waals surface area (Å²) < 4.78 is 12.3. The van der Waals surface area contributed by atoms with Crippen LogP contribution in [0.4, 0.5) is 5.69 Å². The van der Waals surface area contributed by atoms with E-state index >= 15 is 0 Å². The van der Waals surface area contributed by atoms with Gasteiger partial charge in [-0.05, 0) is 42.5 Å². The number of rotatable bonds is 7. The number of carbonyl (C=O) groups is 2. The minimum Gasteiger partial charge on any atom is -0.493 e. The third kappa shape index (κ3) is 4.29. The molecular weight excluding hydrogens is 444 g/mol. The van der Waals surface area contributed by atoms with Gasteiger partial charge in [-0.2, -0.15) is 0 Å². The zero-order valence-corrected chi connectivity index (χ0v) is 19.3. The number of methoxy groups -OCH3 is 2. The molecule has 4 aromatic rings. The Hall–Kier alpha value is -3.79. The Kier molecular flexibility index (Phi) is 6.10. The third-order valence-corrected chi connectivity index (χ3v) is 6.07. The molecule has 0 saturated heterocycles. The summed E-state index contributed by atoms with van der Waals surface area (Å²) in [5.74, 6) is -1.00. The van der Waals surface area contributed by atoms with Gasteiger partial charge in [0.25, 0.3) is 0 Å². The molecule has 0 fully saturated rings. The maximum atomic E-state index is 12.7. The van der Waals surface area contributed by atoms with Crippen LogP contribution in [0.15, 0.2) is 41.6 Å². The topological polar surface area (TPSA) is 115 Å². The molecule has 0 radical (unpaired) electrons. The van der Waals surface area contributed by atoms with E-state index < -0.39 is 5.97 Å². The number of thioether (sulfide) groups is 1. The Morgan fingerprint density at radius 2 is 1.79 bits per heavy atom. The van der Waals surface area contributed by atoms with Crippen LogP contribution in [0.1, 0.15) is 21.5 Å². The molecule has 9 nitrogen and oxygen atoms in total. The molecule has 0 aliphatic carbocycles. The smallest absolute Gasteiger partial charge is 0.337 e. The fourth-order valence-electron chi connectivity index (χ4n) is 3.58. The Bertz CT molecular complexity index is 1400. The van der Waals surface area contributed by atoms with E-state index in [2.05, 4.69) is 27.6 Å². The van der Waals surface area contributed by atoms with Crippen molar-refractivity contribution < 1.29 is 24.2 Å². The highest BCUT2D eigenvalue weighted by molar-refractivity contribution is 7.99. The van der Waals surface area contributed by atoms with Gasteiger partial charge in [-0.1, -0.05) is 23.9 Å². The van der Waals surface area contributed by atoms with Gasteiger partial charge >= 0.3 is 5.97 Å². The van der Waals surface area contributed by atoms with Crippen LogP contribution >= 0.6 is 11.8 Å². The lowest BCUT2D eigenvalue weighted by Crippen LogP contribution is -2.17. The standard InChI is InChI=1S/C23H22N4O5S/c1-12-5-6-14-8-13(2)21-25-26-23(27(21)17(14)7-12)33-11-20(28)24-16-10-19(32-4)18(31-3)9-15(16)22(29)30/h5-10H,11H2,1-4H3,(H,24,28)(H,29,30). The van der Waals surface area contributed by atoms with Crippen molar-refractivity contribution >= 4 is 45.9 Å². The number of benzene rings is 2. The van der Waals surface area contributed by atoms with E-state index in [1.165, 1.54) is 38.1 Å². The van der Waals surface area contributed by atoms with Gasteiger partial charge in [-0.25, -0.2) is 4.79 Å². The van der Waals surface area contributed by atoms with Crippen LogP contribution in [-0.2, 0) is 4.79 Å². The van der Waals surface area contributed by atoms with E-state index in [0.717, 1.165) is 27.7 Å². The van der Waals surface area contributed by atoms with Crippen molar-refractivity contribution in [3.05, 3.63) is 53.1 Å². The number of anilines is 1. The van der Waals surface area contributed by atoms with Crippen molar-refractivity contribution in [3.8, 4) is 11.5 Å². The lowest BCUT2D eigenvalue weighted by molar-refractivity contribution is -0.113. The molecule has 0 saturated carbocycles. The van der Waals surface area contributed by atoms with E-state index in [-0.39, 0.29) is 28.7 Å². The number of amides is 1. The number of hydrogen-bond donors (Lipinski definition) is 2. The molecule has 33 heavy (non-hydrogen) atoms. The van der Waals surface area contributed by atoms with Gasteiger partial charge in [0, 0.05) is 12.1 Å². The Labute approximate surface area is 193 Å². The van der Waals surface area contributed by atoms with Crippen LogP contribution in [0.2, 0.25) is 0 Å². The molecule has 10 heteroatoms. The predicted octanol–water partition coefficient (Wildman–Crippen LogP) is 3.95. The number of carboxylic acids is 1. The number of pyridine rings is 1. The lowest BCUT2D eigenvalue weighted by Gasteiger charge is -2.13. The normalized spacial score (nSPS) is 11.0. The summed E-state index contributed by atoms with van der Waals surface area (Å²) in [6.45, 7) is 3.98. The predicted molar refractivity (Wildman–Crippen MR) is 126 cm³/mol. The van der Waals surface area contributed by atoms with Gasteiger partial charge in [-0.3, -0.25) is 9.20 Å². The molecule has 0 unspecified atom stereocenters. The second-order valence-corrected chi connectivity index (χ2v) is 8.37. The number of nitrogens with one attached hydrogen (secondary N) is 1. The van der Waals surface area contributed by atoms with Crippen molar-refractivity contribution in [2.45, 2.75) is 19.0 Å². The SMILES string of the molecule is COc1cc(NC(=O)CSc2nnc3c(C)cc4ccc(C)cc4n23)c(C(=O)O)cc1OC. The van der Waals surface area contributed by atoms with Gasteiger partial charge in [0.15, 0.2) is 22.3 Å². The number of aromatic nitrogens is 3. The summed E-state index contributed by atoms with van der Waals surface area (Å²) in [5, 5.41) is 22.4. The number of aryl methyl sites for hydroxylation is 2. The van der Waals surface area contributed by atoms with Crippen LogP contribution in [0, 0.1) is 13.8 Å². The summed E-state index contributed by atoms with van der Waals surface area (Å²) in [7, 11) is 2.85. The van der Waals surface area contributed by atoms with Crippen LogP contribution in [0.25, 0.3) is 16.6 Å². The number of carbonyl (C=O) groups excluding carboxylic acids is 1. The zero-order chi connectivity index (χ0) is 23.7. The van der Waals surface area contributed by atoms with Crippen molar-refractivity contribution in [1.29, 1.82) is 0 Å². The number of hydrogen-bond acceptors (Lipinski definition) is 7. The van der Waals surface area contributed by atoms with E-state index in [1.807, 2.05) is 30.4 Å². The number of ether oxygens (including phenoxy) is 2. The van der Waals surface area contributed by atoms with Gasteiger partial charge in [0.2, 0.25) is 5.91 Å². The average molecular weight is 467 g/mol. The van der Waals surface area contributed by atoms with Crippen molar-refractivity contribution in [2.75, 3.05) is 25.3 Å². The van der Waals surface area contributed by atoms with Gasteiger partial charge < -0.3 is 19.9 Å². The van der Waals surface area contributed by atoms with Crippen molar-refractivity contribution in [2.24, 2.45) is 0 Å². The summed E-state index contributed by atoms with van der Waals surface area (Å²) in [6, 6.07) is 10.9. The fraction of sp³-hybridized carbons (Fsp3) is 0.217. The van der Waals surface area contributed by atoms with Crippen LogP contribution < -0.4 is 14.8 Å². The molecule has 2 N–H and O–H groups in total. The highest BCUT2D eigenvalue weighted by Gasteiger charge is 2.19. The molecule has 0 bridgehead atoms. The quantitative estimate of drug-likeness (QED) is 0.394. The molecule has 0 spiro atoms. The van der Waals surface area contributed by atoms with Crippen LogP contribution in [0.5, 0.6) is 11.5 Å². The van der Waals surface area contributed by atoms with Crippen LogP contribution in [0.3, 0.4) is 0 Å². The molecule has 2 heterocycles. The second-order valence-electron chi connectivity index (χ2n) is 7.43. The molecule has 0 aliphatic heterocycles. The monoisotopic (exact) mass is 466 g/mol. The third-order valence-electron chi connectivity index (χ3n) is 5.15. The highest BCUT2D eigenvalue weighted by atomic mass is 32.2. The van der Waals surface area contributed by atoms with E-state index in [9.17, 15) is 14.7 Å². The number of fused-ring (bicyclic) bond motifs is 3. The highest BCUT2D eigenvalue weighted by Crippen LogP contribution is 2.34. The molecule has 1 amide bonds. The zero-order valence-electron chi connectivity index (χ0n) is 18.5. The van der Waals surface area contributed by atoms with E-state index in [0.29, 0.717) is 10.9 Å². The molecule has 2 aromatic carbocycles. The molecule has 2 aromatic heterocycles. The summed E-state index contributed by atoms with van der Waals surface area (Å²) in [5.41, 5.74) is 3.78. The second kappa shape index (κ2) is 8.99. The van der Waals surface area contributed by atoms with Gasteiger partial charge in [0.1, 0.15) is 0 Å². The largest absolute Gasteiger partial charge is 0.493 e. The van der Waals surface area contributed by atoms with Gasteiger partial charge in [-0.15, -0.1) is 10.2 Å². The first-order valence-corrected chi connectivity index (χ1v) is 11.0. The van der Waals surface area contributed by atoms with E-state index in [1.54, 1.807) is 0 Å². The maximum Gasteiger partial charge on any atom is 0.337 e. The first-order valence-electron chi connectivity index (χ1n) is 9.99. The van der Waals surface area contributed by atoms with Crippen LogP contribution in [-0.4, -0.2) is 51.6 Å². The summed E-state index contributed by atoms with van der Waals surface area (Å²) in [6.07, 6.45) is 0. The number of nitrogens with zero attached hydrogens (tertiary/aromatic N) is 3. The molecule has 0 atom stereocenters. The van der Waals surface area contributed by atoms with Crippen molar-refractivity contribution in [3.63, 3.8) is 0 Å². The molecule has 4 rings (SSSR count). The minimum atomic E-state index is -1.19. The average Bonchev–Trinajstić information content (AvgIpc) is 3.23. The Balaban J connectivity index is 1.61. The Morgan fingerprint density at radius 1 is 1.06 bits per heavy atom. The number of aromatic carboxylic acids is 1. The number of carboxylic acid groups (broad SMARTS) is 1. The first kappa shape index (κ1) is 22.4. The van der Waals surface area contributed by atoms with Crippen molar-refractivity contribution in [1.82, 2.24) is 14.6 Å². The molecule has 0 aliphatic rings. The lowest BCUT2D eigenvalue weighted by atomic mass is 10.1. The minimum absolute atomic E-state index is 0.00937. The summed E-state index contributed by atoms with van der Waals surface area (Å²) >= 11 is 1.22. The molecule has 170 valence electrons. The maximum absolute atomic E-state index is 12.7. The Morgan fingerprint density at radius 3 is 2.48 bits per heavy atom.